The monoisotopic (exact) mass is 268 g/mol. The Morgan fingerprint density at radius 3 is 2.17 bits per heavy atom. The molecule has 0 saturated heterocycles. The molecule has 4 nitrogen and oxygen atoms in total. The highest BCUT2D eigenvalue weighted by Crippen LogP contribution is 2.26. The second-order valence-electron chi connectivity index (χ2n) is 4.60. The first-order valence-corrected chi connectivity index (χ1v) is 5.96. The van der Waals surface area contributed by atoms with Gasteiger partial charge in [-0.05, 0) is 40.2 Å². The van der Waals surface area contributed by atoms with Crippen LogP contribution in [0, 0.1) is 11.3 Å². The van der Waals surface area contributed by atoms with Crippen molar-refractivity contribution in [1.29, 1.82) is 5.41 Å². The number of nitrogens with zero attached hydrogens (tertiary/aromatic N) is 2. The van der Waals surface area contributed by atoms with E-state index in [-0.39, 0.29) is 6.54 Å². The first kappa shape index (κ1) is 17.2. The molecule has 0 aromatic heterocycles. The SMILES string of the molecule is CCN(CCCN(C)C)CC(C(=N)N)C(F)(F)F. The molecule has 0 aromatic carbocycles. The molecule has 0 fully saturated rings. The summed E-state index contributed by atoms with van der Waals surface area (Å²) >= 11 is 0. The third kappa shape index (κ3) is 6.80. The summed E-state index contributed by atoms with van der Waals surface area (Å²) in [5.41, 5.74) is 5.03. The normalized spacial score (nSPS) is 14.2. The second kappa shape index (κ2) is 7.58. The van der Waals surface area contributed by atoms with E-state index in [1.165, 1.54) is 0 Å². The molecule has 1 atom stereocenters. The molecule has 108 valence electrons. The summed E-state index contributed by atoms with van der Waals surface area (Å²) in [6.07, 6.45) is -3.65. The topological polar surface area (TPSA) is 56.4 Å². The predicted molar refractivity (Wildman–Crippen MR) is 66.7 cm³/mol. The fourth-order valence-corrected chi connectivity index (χ4v) is 1.63. The Labute approximate surface area is 106 Å². The quantitative estimate of drug-likeness (QED) is 0.516. The van der Waals surface area contributed by atoms with Gasteiger partial charge in [-0.25, -0.2) is 0 Å². The Bertz CT molecular complexity index is 253. The first-order chi connectivity index (χ1) is 8.18. The van der Waals surface area contributed by atoms with Gasteiger partial charge in [0.1, 0.15) is 11.8 Å². The fourth-order valence-electron chi connectivity index (χ4n) is 1.63. The van der Waals surface area contributed by atoms with Crippen LogP contribution in [0.4, 0.5) is 13.2 Å². The molecule has 0 rings (SSSR count). The number of hydrogen-bond donors (Lipinski definition) is 2. The predicted octanol–water partition coefficient (Wildman–Crippen LogP) is 1.37. The maximum atomic E-state index is 12.7. The molecule has 0 saturated carbocycles. The van der Waals surface area contributed by atoms with Crippen LogP contribution in [0.15, 0.2) is 0 Å². The van der Waals surface area contributed by atoms with Gasteiger partial charge < -0.3 is 15.5 Å². The molecular formula is C11H23F3N4. The van der Waals surface area contributed by atoms with Crippen LogP contribution < -0.4 is 5.73 Å². The van der Waals surface area contributed by atoms with Crippen molar-refractivity contribution in [3.05, 3.63) is 0 Å². The Hall–Kier alpha value is -0.820. The molecule has 0 aliphatic carbocycles. The summed E-state index contributed by atoms with van der Waals surface area (Å²) < 4.78 is 38.0. The van der Waals surface area contributed by atoms with Gasteiger partial charge in [0.05, 0.1) is 0 Å². The maximum absolute atomic E-state index is 12.7. The lowest BCUT2D eigenvalue weighted by Crippen LogP contribution is -2.44. The number of nitrogens with two attached hydrogens (primary N) is 1. The van der Waals surface area contributed by atoms with Crippen LogP contribution in [0.3, 0.4) is 0 Å². The average molecular weight is 268 g/mol. The summed E-state index contributed by atoms with van der Waals surface area (Å²) in [7, 11) is 3.84. The van der Waals surface area contributed by atoms with Gasteiger partial charge in [0.2, 0.25) is 0 Å². The van der Waals surface area contributed by atoms with Gasteiger partial charge in [-0.1, -0.05) is 6.92 Å². The van der Waals surface area contributed by atoms with Gasteiger partial charge in [-0.15, -0.1) is 0 Å². The summed E-state index contributed by atoms with van der Waals surface area (Å²) in [5, 5.41) is 7.04. The van der Waals surface area contributed by atoms with Gasteiger partial charge >= 0.3 is 6.18 Å². The van der Waals surface area contributed by atoms with Crippen LogP contribution in [0.1, 0.15) is 13.3 Å². The van der Waals surface area contributed by atoms with Crippen molar-refractivity contribution >= 4 is 5.84 Å². The van der Waals surface area contributed by atoms with Crippen LogP contribution in [0.25, 0.3) is 0 Å². The van der Waals surface area contributed by atoms with Gasteiger partial charge in [-0.2, -0.15) is 13.2 Å². The lowest BCUT2D eigenvalue weighted by molar-refractivity contribution is -0.159. The van der Waals surface area contributed by atoms with Crippen LogP contribution in [0.2, 0.25) is 0 Å². The second-order valence-corrected chi connectivity index (χ2v) is 4.60. The number of alkyl halides is 3. The molecule has 0 radical (unpaired) electrons. The minimum Gasteiger partial charge on any atom is -0.387 e. The maximum Gasteiger partial charge on any atom is 0.399 e. The van der Waals surface area contributed by atoms with E-state index in [2.05, 4.69) is 0 Å². The number of rotatable bonds is 8. The highest BCUT2D eigenvalue weighted by atomic mass is 19.4. The van der Waals surface area contributed by atoms with Crippen LogP contribution in [0.5, 0.6) is 0 Å². The van der Waals surface area contributed by atoms with Crippen molar-refractivity contribution in [3.63, 3.8) is 0 Å². The number of halogens is 3. The van der Waals surface area contributed by atoms with E-state index in [0.29, 0.717) is 13.1 Å². The minimum atomic E-state index is -4.44. The van der Waals surface area contributed by atoms with Crippen molar-refractivity contribution in [2.75, 3.05) is 40.3 Å². The Balaban J connectivity index is 4.35. The average Bonchev–Trinajstić information content (AvgIpc) is 2.20. The zero-order chi connectivity index (χ0) is 14.3. The molecule has 0 amide bonds. The van der Waals surface area contributed by atoms with Crippen molar-refractivity contribution < 1.29 is 13.2 Å². The zero-order valence-corrected chi connectivity index (χ0v) is 11.2. The van der Waals surface area contributed by atoms with Gasteiger partial charge in [-0.3, -0.25) is 5.41 Å². The zero-order valence-electron chi connectivity index (χ0n) is 11.2. The number of nitrogens with one attached hydrogen (secondary N) is 1. The fraction of sp³-hybridized carbons (Fsp3) is 0.909. The van der Waals surface area contributed by atoms with Gasteiger partial charge in [0, 0.05) is 6.54 Å². The van der Waals surface area contributed by atoms with E-state index in [1.807, 2.05) is 25.9 Å². The molecule has 1 unspecified atom stereocenters. The summed E-state index contributed by atoms with van der Waals surface area (Å²) in [6.45, 7) is 3.50. The highest BCUT2D eigenvalue weighted by Gasteiger charge is 2.42. The highest BCUT2D eigenvalue weighted by molar-refractivity contribution is 5.80. The van der Waals surface area contributed by atoms with E-state index in [9.17, 15) is 13.2 Å². The lowest BCUT2D eigenvalue weighted by atomic mass is 10.1. The third-order valence-electron chi connectivity index (χ3n) is 2.74. The molecule has 0 aromatic rings. The van der Waals surface area contributed by atoms with E-state index in [0.717, 1.165) is 13.0 Å². The Morgan fingerprint density at radius 1 is 1.28 bits per heavy atom. The molecule has 7 heteroatoms. The largest absolute Gasteiger partial charge is 0.399 e. The molecule has 0 bridgehead atoms. The lowest BCUT2D eigenvalue weighted by Gasteiger charge is -2.27. The molecular weight excluding hydrogens is 245 g/mol. The summed E-state index contributed by atoms with van der Waals surface area (Å²) in [5.74, 6) is -2.68. The molecule has 0 aliphatic heterocycles. The van der Waals surface area contributed by atoms with Crippen LogP contribution >= 0.6 is 0 Å². The van der Waals surface area contributed by atoms with Crippen molar-refractivity contribution in [2.45, 2.75) is 19.5 Å². The van der Waals surface area contributed by atoms with Crippen LogP contribution in [-0.4, -0.2) is 62.1 Å². The van der Waals surface area contributed by atoms with Gasteiger partial charge in [0.25, 0.3) is 0 Å². The van der Waals surface area contributed by atoms with Gasteiger partial charge in [0.15, 0.2) is 0 Å². The Morgan fingerprint density at radius 2 is 1.83 bits per heavy atom. The van der Waals surface area contributed by atoms with Crippen molar-refractivity contribution in [3.8, 4) is 0 Å². The number of hydrogen-bond acceptors (Lipinski definition) is 3. The summed E-state index contributed by atoms with van der Waals surface area (Å²) in [4.78, 5) is 3.67. The first-order valence-electron chi connectivity index (χ1n) is 5.96. The Kier molecular flexibility index (Phi) is 7.23. The molecule has 3 N–H and O–H groups in total. The molecule has 0 heterocycles. The smallest absolute Gasteiger partial charge is 0.387 e. The standard InChI is InChI=1S/C11H23F3N4/c1-4-18(7-5-6-17(2)3)8-9(10(15)16)11(12,13)14/h9H,4-8H2,1-3H3,(H3,15,16). The van der Waals surface area contributed by atoms with E-state index in [4.69, 9.17) is 11.1 Å². The number of amidine groups is 1. The van der Waals surface area contributed by atoms with Crippen LogP contribution in [-0.2, 0) is 0 Å². The molecule has 18 heavy (non-hydrogen) atoms. The van der Waals surface area contributed by atoms with E-state index < -0.39 is 17.9 Å². The summed E-state index contributed by atoms with van der Waals surface area (Å²) in [6, 6.07) is 0. The molecule has 0 spiro atoms. The van der Waals surface area contributed by atoms with E-state index in [1.54, 1.807) is 4.90 Å². The minimum absolute atomic E-state index is 0.233. The van der Waals surface area contributed by atoms with Crippen molar-refractivity contribution in [1.82, 2.24) is 9.80 Å². The van der Waals surface area contributed by atoms with Crippen molar-refractivity contribution in [2.24, 2.45) is 11.7 Å². The molecule has 0 aliphatic rings. The van der Waals surface area contributed by atoms with E-state index >= 15 is 0 Å². The third-order valence-corrected chi connectivity index (χ3v) is 2.74.